The number of hydrogen-bond acceptors (Lipinski definition) is 3. The summed E-state index contributed by atoms with van der Waals surface area (Å²) in [5.74, 6) is 1.20. The molecule has 1 aliphatic heterocycles. The number of halogens is 1. The summed E-state index contributed by atoms with van der Waals surface area (Å²) < 4.78 is 10.4. The normalized spacial score (nSPS) is 16.3. The van der Waals surface area contributed by atoms with Crippen LogP contribution in [0.25, 0.3) is 0 Å². The van der Waals surface area contributed by atoms with Gasteiger partial charge in [0.15, 0.2) is 0 Å². The fourth-order valence-electron chi connectivity index (χ4n) is 2.20. The van der Waals surface area contributed by atoms with Crippen molar-refractivity contribution in [1.29, 1.82) is 0 Å². The predicted molar refractivity (Wildman–Crippen MR) is 74.3 cm³/mol. The molecule has 1 aromatic carbocycles. The van der Waals surface area contributed by atoms with Gasteiger partial charge in [0, 0.05) is 24.5 Å². The van der Waals surface area contributed by atoms with Crippen LogP contribution in [0.15, 0.2) is 18.2 Å². The van der Waals surface area contributed by atoms with Crippen LogP contribution in [-0.4, -0.2) is 43.5 Å². The minimum absolute atomic E-state index is 0.0110. The van der Waals surface area contributed by atoms with E-state index in [1.165, 1.54) is 0 Å². The fourth-order valence-corrected chi connectivity index (χ4v) is 2.39. The van der Waals surface area contributed by atoms with Crippen LogP contribution in [0.3, 0.4) is 0 Å². The van der Waals surface area contributed by atoms with Crippen molar-refractivity contribution in [2.24, 2.45) is 0 Å². The Morgan fingerprint density at radius 1 is 1.26 bits per heavy atom. The molecule has 0 aliphatic carbocycles. The summed E-state index contributed by atoms with van der Waals surface area (Å²) in [6, 6.07) is 5.23. The van der Waals surface area contributed by atoms with Crippen LogP contribution in [0.1, 0.15) is 23.2 Å². The van der Waals surface area contributed by atoms with Gasteiger partial charge >= 0.3 is 0 Å². The van der Waals surface area contributed by atoms with E-state index in [1.54, 1.807) is 32.4 Å². The Hall–Kier alpha value is -1.42. The van der Waals surface area contributed by atoms with Gasteiger partial charge in [0.05, 0.1) is 19.8 Å². The number of alkyl halides is 1. The summed E-state index contributed by atoms with van der Waals surface area (Å²) in [5.41, 5.74) is 0.566. The molecule has 1 aliphatic rings. The highest BCUT2D eigenvalue weighted by Gasteiger charge is 2.24. The maximum atomic E-state index is 12.4. The van der Waals surface area contributed by atoms with Crippen molar-refractivity contribution in [1.82, 2.24) is 4.90 Å². The third kappa shape index (κ3) is 3.13. The Kier molecular flexibility index (Phi) is 4.53. The van der Waals surface area contributed by atoms with Crippen LogP contribution < -0.4 is 9.47 Å². The van der Waals surface area contributed by atoms with Crippen molar-refractivity contribution >= 4 is 17.5 Å². The van der Waals surface area contributed by atoms with Gasteiger partial charge in [0.2, 0.25) is 0 Å². The standard InChI is InChI=1S/C14H18ClNO3/c1-18-11-3-4-12(13(9-11)19-2)14(17)16-7-5-10(15)6-8-16/h3-4,9-10H,5-8H2,1-2H3. The molecule has 0 atom stereocenters. The Balaban J connectivity index is 2.18. The summed E-state index contributed by atoms with van der Waals surface area (Å²) in [4.78, 5) is 14.3. The van der Waals surface area contributed by atoms with Crippen molar-refractivity contribution in [3.63, 3.8) is 0 Å². The van der Waals surface area contributed by atoms with Crippen LogP contribution in [0.2, 0.25) is 0 Å². The minimum Gasteiger partial charge on any atom is -0.497 e. The zero-order valence-electron chi connectivity index (χ0n) is 11.2. The number of likely N-dealkylation sites (tertiary alicyclic amines) is 1. The van der Waals surface area contributed by atoms with Crippen molar-refractivity contribution in [3.05, 3.63) is 23.8 Å². The van der Waals surface area contributed by atoms with Gasteiger partial charge in [0.1, 0.15) is 11.5 Å². The van der Waals surface area contributed by atoms with E-state index in [4.69, 9.17) is 21.1 Å². The van der Waals surface area contributed by atoms with Gasteiger partial charge in [-0.2, -0.15) is 0 Å². The van der Waals surface area contributed by atoms with Crippen LogP contribution in [0.4, 0.5) is 0 Å². The zero-order valence-corrected chi connectivity index (χ0v) is 11.9. The molecule has 1 amide bonds. The predicted octanol–water partition coefficient (Wildman–Crippen LogP) is 2.55. The van der Waals surface area contributed by atoms with Crippen molar-refractivity contribution in [2.45, 2.75) is 18.2 Å². The molecule has 0 saturated carbocycles. The molecule has 1 fully saturated rings. The minimum atomic E-state index is -0.0110. The fraction of sp³-hybridized carbons (Fsp3) is 0.500. The Bertz CT molecular complexity index is 456. The Labute approximate surface area is 118 Å². The molecule has 4 nitrogen and oxygen atoms in total. The third-order valence-corrected chi connectivity index (χ3v) is 3.79. The molecule has 0 radical (unpaired) electrons. The van der Waals surface area contributed by atoms with Gasteiger partial charge in [-0.15, -0.1) is 11.6 Å². The number of hydrogen-bond donors (Lipinski definition) is 0. The smallest absolute Gasteiger partial charge is 0.257 e. The molecule has 1 saturated heterocycles. The summed E-state index contributed by atoms with van der Waals surface area (Å²) in [6.07, 6.45) is 1.68. The molecule has 0 spiro atoms. The van der Waals surface area contributed by atoms with Crippen LogP contribution in [0.5, 0.6) is 11.5 Å². The quantitative estimate of drug-likeness (QED) is 0.800. The van der Waals surface area contributed by atoms with Gasteiger partial charge in [-0.1, -0.05) is 0 Å². The van der Waals surface area contributed by atoms with E-state index in [2.05, 4.69) is 0 Å². The number of carbonyl (C=O) groups is 1. The van der Waals surface area contributed by atoms with Gasteiger partial charge in [-0.3, -0.25) is 4.79 Å². The van der Waals surface area contributed by atoms with Crippen LogP contribution in [0, 0.1) is 0 Å². The average Bonchev–Trinajstić information content (AvgIpc) is 2.46. The van der Waals surface area contributed by atoms with Crippen LogP contribution >= 0.6 is 11.6 Å². The van der Waals surface area contributed by atoms with Gasteiger partial charge < -0.3 is 14.4 Å². The lowest BCUT2D eigenvalue weighted by atomic mass is 10.1. The second kappa shape index (κ2) is 6.15. The summed E-state index contributed by atoms with van der Waals surface area (Å²) in [7, 11) is 3.14. The SMILES string of the molecule is COc1ccc(C(=O)N2CCC(Cl)CC2)c(OC)c1. The van der Waals surface area contributed by atoms with Crippen LogP contribution in [-0.2, 0) is 0 Å². The highest BCUT2D eigenvalue weighted by atomic mass is 35.5. The first-order chi connectivity index (χ1) is 9.15. The van der Waals surface area contributed by atoms with E-state index >= 15 is 0 Å². The number of amides is 1. The first-order valence-electron chi connectivity index (χ1n) is 6.31. The number of carbonyl (C=O) groups excluding carboxylic acids is 1. The topological polar surface area (TPSA) is 38.8 Å². The third-order valence-electron chi connectivity index (χ3n) is 3.35. The highest BCUT2D eigenvalue weighted by molar-refractivity contribution is 6.20. The molecular weight excluding hydrogens is 266 g/mol. The van der Waals surface area contributed by atoms with Gasteiger partial charge in [0.25, 0.3) is 5.91 Å². The van der Waals surface area contributed by atoms with E-state index in [1.807, 2.05) is 4.90 Å². The molecule has 0 N–H and O–H groups in total. The first-order valence-corrected chi connectivity index (χ1v) is 6.74. The molecule has 19 heavy (non-hydrogen) atoms. The second-order valence-corrected chi connectivity index (χ2v) is 5.15. The number of benzene rings is 1. The number of ether oxygens (including phenoxy) is 2. The van der Waals surface area contributed by atoms with E-state index in [0.29, 0.717) is 30.2 Å². The maximum absolute atomic E-state index is 12.4. The average molecular weight is 284 g/mol. The molecule has 0 bridgehead atoms. The Morgan fingerprint density at radius 3 is 2.53 bits per heavy atom. The molecule has 2 rings (SSSR count). The molecule has 1 heterocycles. The van der Waals surface area contributed by atoms with E-state index < -0.39 is 0 Å². The van der Waals surface area contributed by atoms with Gasteiger partial charge in [-0.05, 0) is 25.0 Å². The number of rotatable bonds is 3. The summed E-state index contributed by atoms with van der Waals surface area (Å²) in [6.45, 7) is 1.39. The Morgan fingerprint density at radius 2 is 1.95 bits per heavy atom. The number of piperidine rings is 1. The highest BCUT2D eigenvalue weighted by Crippen LogP contribution is 2.27. The van der Waals surface area contributed by atoms with Crippen molar-refractivity contribution < 1.29 is 14.3 Å². The molecule has 0 unspecified atom stereocenters. The maximum Gasteiger partial charge on any atom is 0.257 e. The lowest BCUT2D eigenvalue weighted by Crippen LogP contribution is -2.38. The molecule has 104 valence electrons. The van der Waals surface area contributed by atoms with E-state index in [-0.39, 0.29) is 11.3 Å². The van der Waals surface area contributed by atoms with E-state index in [0.717, 1.165) is 12.8 Å². The zero-order chi connectivity index (χ0) is 13.8. The second-order valence-electron chi connectivity index (χ2n) is 4.53. The lowest BCUT2D eigenvalue weighted by molar-refractivity contribution is 0.0723. The molecule has 1 aromatic rings. The largest absolute Gasteiger partial charge is 0.497 e. The molecule has 0 aromatic heterocycles. The summed E-state index contributed by atoms with van der Waals surface area (Å²) in [5, 5.41) is 0.182. The monoisotopic (exact) mass is 283 g/mol. The summed E-state index contributed by atoms with van der Waals surface area (Å²) >= 11 is 6.05. The van der Waals surface area contributed by atoms with Gasteiger partial charge in [-0.25, -0.2) is 0 Å². The number of methoxy groups -OCH3 is 2. The van der Waals surface area contributed by atoms with Crippen molar-refractivity contribution in [3.8, 4) is 11.5 Å². The van der Waals surface area contributed by atoms with E-state index in [9.17, 15) is 4.79 Å². The molecule has 5 heteroatoms. The van der Waals surface area contributed by atoms with Crippen molar-refractivity contribution in [2.75, 3.05) is 27.3 Å². The first kappa shape index (κ1) is 14.0. The molecular formula is C14H18ClNO3. The lowest BCUT2D eigenvalue weighted by Gasteiger charge is -2.29. The number of nitrogens with zero attached hydrogens (tertiary/aromatic N) is 1.